The van der Waals surface area contributed by atoms with Gasteiger partial charge in [-0.25, -0.2) is 4.79 Å². The maximum atomic E-state index is 12.2. The van der Waals surface area contributed by atoms with Crippen LogP contribution < -0.4 is 16.8 Å². The van der Waals surface area contributed by atoms with Crippen LogP contribution in [-0.2, 0) is 20.9 Å². The van der Waals surface area contributed by atoms with Gasteiger partial charge in [0.15, 0.2) is 0 Å². The number of hydrogen-bond acceptors (Lipinski definition) is 5. The Kier molecular flexibility index (Phi) is 9.44. The van der Waals surface area contributed by atoms with Crippen LogP contribution in [0.4, 0.5) is 10.5 Å². The molecule has 2 atom stereocenters. The van der Waals surface area contributed by atoms with Crippen molar-refractivity contribution in [3.05, 3.63) is 29.8 Å². The van der Waals surface area contributed by atoms with Crippen molar-refractivity contribution in [1.29, 1.82) is 0 Å². The second-order valence-electron chi connectivity index (χ2n) is 7.19. The van der Waals surface area contributed by atoms with Crippen LogP contribution in [-0.4, -0.2) is 41.9 Å². The number of nitrogens with one attached hydrogen (secondary N) is 1. The minimum Gasteiger partial charge on any atom is -0.445 e. The van der Waals surface area contributed by atoms with Gasteiger partial charge >= 0.3 is 6.09 Å². The van der Waals surface area contributed by atoms with E-state index in [0.717, 1.165) is 18.4 Å². The van der Waals surface area contributed by atoms with Crippen molar-refractivity contribution in [1.82, 2.24) is 4.90 Å². The van der Waals surface area contributed by atoms with Gasteiger partial charge in [0.25, 0.3) is 0 Å². The van der Waals surface area contributed by atoms with E-state index in [1.807, 2.05) is 6.92 Å². The highest BCUT2D eigenvalue weighted by atomic mass is 16.6. The summed E-state index contributed by atoms with van der Waals surface area (Å²) in [6, 6.07) is 5.66. The van der Waals surface area contributed by atoms with Gasteiger partial charge < -0.3 is 21.5 Å². The first-order chi connectivity index (χ1) is 13.2. The summed E-state index contributed by atoms with van der Waals surface area (Å²) in [5, 5.41) is 2.77. The average Bonchev–Trinajstić information content (AvgIpc) is 2.64. The highest BCUT2D eigenvalue weighted by molar-refractivity contribution is 5.94. The fourth-order valence-corrected chi connectivity index (χ4v) is 2.80. The van der Waals surface area contributed by atoms with Gasteiger partial charge in [0.2, 0.25) is 11.8 Å². The summed E-state index contributed by atoms with van der Waals surface area (Å²) in [6.45, 7) is 5.70. The zero-order valence-corrected chi connectivity index (χ0v) is 17.1. The van der Waals surface area contributed by atoms with E-state index in [1.165, 1.54) is 11.9 Å². The van der Waals surface area contributed by atoms with Gasteiger partial charge in [-0.3, -0.25) is 14.5 Å². The molecule has 0 bridgehead atoms. The van der Waals surface area contributed by atoms with Crippen LogP contribution in [0.2, 0.25) is 0 Å². The number of anilines is 1. The Morgan fingerprint density at radius 1 is 1.18 bits per heavy atom. The van der Waals surface area contributed by atoms with Gasteiger partial charge in [0, 0.05) is 12.7 Å². The number of primary amides is 1. The van der Waals surface area contributed by atoms with E-state index in [9.17, 15) is 14.4 Å². The minimum absolute atomic E-state index is 0.0387. The zero-order valence-electron chi connectivity index (χ0n) is 17.1. The Morgan fingerprint density at radius 3 is 2.29 bits per heavy atom. The Hall–Kier alpha value is -2.61. The van der Waals surface area contributed by atoms with E-state index >= 15 is 0 Å². The molecule has 0 radical (unpaired) electrons. The molecule has 0 saturated carbocycles. The minimum atomic E-state index is -0.734. The Bertz CT molecular complexity index is 661. The van der Waals surface area contributed by atoms with E-state index < -0.39 is 24.1 Å². The molecule has 156 valence electrons. The van der Waals surface area contributed by atoms with Crippen LogP contribution in [0.25, 0.3) is 0 Å². The Morgan fingerprint density at radius 2 is 1.79 bits per heavy atom. The first kappa shape index (κ1) is 23.4. The molecule has 0 aliphatic heterocycles. The molecule has 0 saturated heterocycles. The first-order valence-corrected chi connectivity index (χ1v) is 9.51. The number of ether oxygens (including phenoxy) is 1. The third-order valence-electron chi connectivity index (χ3n) is 4.42. The van der Waals surface area contributed by atoms with Gasteiger partial charge in [0.1, 0.15) is 12.6 Å². The van der Waals surface area contributed by atoms with Crippen LogP contribution in [0.1, 0.15) is 45.6 Å². The highest BCUT2D eigenvalue weighted by Crippen LogP contribution is 2.14. The van der Waals surface area contributed by atoms with E-state index in [0.29, 0.717) is 12.1 Å². The number of amides is 3. The summed E-state index contributed by atoms with van der Waals surface area (Å²) >= 11 is 0. The molecule has 1 rings (SSSR count). The number of carbonyl (C=O) groups is 3. The van der Waals surface area contributed by atoms with Gasteiger partial charge in [-0.05, 0) is 30.0 Å². The largest absolute Gasteiger partial charge is 0.445 e. The van der Waals surface area contributed by atoms with E-state index in [4.69, 9.17) is 16.2 Å². The van der Waals surface area contributed by atoms with Crippen molar-refractivity contribution in [2.45, 2.75) is 58.7 Å². The van der Waals surface area contributed by atoms with E-state index in [1.54, 1.807) is 38.1 Å². The summed E-state index contributed by atoms with van der Waals surface area (Å²) in [6.07, 6.45) is 1.91. The van der Waals surface area contributed by atoms with Gasteiger partial charge in [-0.15, -0.1) is 0 Å². The Labute approximate surface area is 166 Å². The molecular formula is C20H32N4O4. The van der Waals surface area contributed by atoms with Crippen LogP contribution in [0.5, 0.6) is 0 Å². The molecule has 5 N–H and O–H groups in total. The van der Waals surface area contributed by atoms with Crippen molar-refractivity contribution in [3.63, 3.8) is 0 Å². The summed E-state index contributed by atoms with van der Waals surface area (Å²) < 4.78 is 5.25. The lowest BCUT2D eigenvalue weighted by molar-refractivity contribution is -0.123. The van der Waals surface area contributed by atoms with E-state index in [-0.39, 0.29) is 18.4 Å². The number of unbranched alkanes of at least 4 members (excludes halogenated alkanes) is 1. The van der Waals surface area contributed by atoms with Crippen molar-refractivity contribution in [3.8, 4) is 0 Å². The molecule has 0 spiro atoms. The van der Waals surface area contributed by atoms with Gasteiger partial charge in [-0.1, -0.05) is 45.7 Å². The fraction of sp³-hybridized carbons (Fsp3) is 0.550. The molecule has 8 nitrogen and oxygen atoms in total. The van der Waals surface area contributed by atoms with Crippen molar-refractivity contribution in [2.24, 2.45) is 17.4 Å². The van der Waals surface area contributed by atoms with Crippen molar-refractivity contribution >= 4 is 23.6 Å². The molecule has 0 unspecified atom stereocenters. The van der Waals surface area contributed by atoms with Gasteiger partial charge in [-0.2, -0.15) is 0 Å². The maximum absolute atomic E-state index is 12.2. The molecule has 3 amide bonds. The maximum Gasteiger partial charge on any atom is 0.410 e. The topological polar surface area (TPSA) is 128 Å². The summed E-state index contributed by atoms with van der Waals surface area (Å²) in [7, 11) is 1.48. The predicted molar refractivity (Wildman–Crippen MR) is 108 cm³/mol. The zero-order chi connectivity index (χ0) is 21.3. The molecule has 1 aromatic rings. The first-order valence-electron chi connectivity index (χ1n) is 9.51. The lowest BCUT2D eigenvalue weighted by Gasteiger charge is -2.27. The smallest absolute Gasteiger partial charge is 0.410 e. The predicted octanol–water partition coefficient (Wildman–Crippen LogP) is 2.22. The summed E-state index contributed by atoms with van der Waals surface area (Å²) in [5.74, 6) is -0.922. The number of carbonyl (C=O) groups excluding carboxylic acids is 3. The van der Waals surface area contributed by atoms with Crippen LogP contribution in [0, 0.1) is 5.92 Å². The third kappa shape index (κ3) is 7.19. The molecule has 0 aliphatic carbocycles. The summed E-state index contributed by atoms with van der Waals surface area (Å²) in [5.41, 5.74) is 12.6. The lowest BCUT2D eigenvalue weighted by Crippen LogP contribution is -2.48. The average molecular weight is 393 g/mol. The fourth-order valence-electron chi connectivity index (χ4n) is 2.80. The molecule has 0 heterocycles. The molecule has 0 aliphatic rings. The SMILES string of the molecule is CCCC[C@H](N)C(=O)Nc1ccc(COC(=O)N(C)[C@H](C(N)=O)C(C)C)cc1. The highest BCUT2D eigenvalue weighted by Gasteiger charge is 2.28. The van der Waals surface area contributed by atoms with Crippen LogP contribution >= 0.6 is 0 Å². The second kappa shape index (κ2) is 11.3. The molecule has 0 aromatic heterocycles. The second-order valence-corrected chi connectivity index (χ2v) is 7.19. The molecule has 28 heavy (non-hydrogen) atoms. The van der Waals surface area contributed by atoms with Crippen molar-refractivity contribution < 1.29 is 19.1 Å². The number of benzene rings is 1. The monoisotopic (exact) mass is 392 g/mol. The molecule has 8 heteroatoms. The molecule has 0 fully saturated rings. The van der Waals surface area contributed by atoms with Gasteiger partial charge in [0.05, 0.1) is 6.04 Å². The number of hydrogen-bond donors (Lipinski definition) is 3. The standard InChI is InChI=1S/C20H32N4O4/c1-5-6-7-16(21)19(26)23-15-10-8-14(9-11-15)12-28-20(27)24(4)17(13(2)3)18(22)25/h8-11,13,16-17H,5-7,12,21H2,1-4H3,(H2,22,25)(H,23,26)/t16-,17-/m0/s1. The normalized spacial score (nSPS) is 12.9. The Balaban J connectivity index is 2.57. The number of nitrogens with two attached hydrogens (primary N) is 2. The lowest BCUT2D eigenvalue weighted by atomic mass is 10.0. The van der Waals surface area contributed by atoms with Crippen LogP contribution in [0.15, 0.2) is 24.3 Å². The summed E-state index contributed by atoms with van der Waals surface area (Å²) in [4.78, 5) is 36.9. The number of rotatable bonds is 10. The molecular weight excluding hydrogens is 360 g/mol. The van der Waals surface area contributed by atoms with Crippen molar-refractivity contribution in [2.75, 3.05) is 12.4 Å². The quantitative estimate of drug-likeness (QED) is 0.562. The number of nitrogens with zero attached hydrogens (tertiary/aromatic N) is 1. The van der Waals surface area contributed by atoms with E-state index in [2.05, 4.69) is 5.32 Å². The van der Waals surface area contributed by atoms with Crippen LogP contribution in [0.3, 0.4) is 0 Å². The third-order valence-corrected chi connectivity index (χ3v) is 4.42. The number of likely N-dealkylation sites (N-methyl/N-ethyl adjacent to an activating group) is 1. The molecule has 1 aromatic carbocycles.